The summed E-state index contributed by atoms with van der Waals surface area (Å²) in [6.07, 6.45) is 3.35. The molecule has 4 nitrogen and oxygen atoms in total. The second-order valence-corrected chi connectivity index (χ2v) is 7.32. The van der Waals surface area contributed by atoms with E-state index < -0.39 is 0 Å². The number of nitrogens with zero attached hydrogens (tertiary/aromatic N) is 2. The Morgan fingerprint density at radius 1 is 1.39 bits per heavy atom. The third kappa shape index (κ3) is 3.90. The van der Waals surface area contributed by atoms with Gasteiger partial charge in [-0.3, -0.25) is 4.79 Å². The Balaban J connectivity index is 1.55. The molecule has 1 aliphatic rings. The van der Waals surface area contributed by atoms with Crippen molar-refractivity contribution in [3.8, 4) is 0 Å². The number of likely N-dealkylation sites (tertiary alicyclic amines) is 1. The standard InChI is InChI=1S/C18H25N3OS/c1-3-21-12-17(15-6-4-5-7-16(15)21)23-13-18(22)19-10-14-8-9-20(2)11-14/h4-7,12,14H,3,8-11,13H2,1-2H3,(H,19,22)/t14-/m0/s1. The highest BCUT2D eigenvalue weighted by Gasteiger charge is 2.19. The largest absolute Gasteiger partial charge is 0.355 e. The first-order chi connectivity index (χ1) is 11.2. The molecular formula is C18H25N3OS. The molecular weight excluding hydrogens is 306 g/mol. The molecule has 1 N–H and O–H groups in total. The number of fused-ring (bicyclic) bond motifs is 1. The predicted octanol–water partition coefficient (Wildman–Crippen LogP) is 2.82. The number of rotatable bonds is 6. The number of thioether (sulfide) groups is 1. The Bertz CT molecular complexity index is 682. The summed E-state index contributed by atoms with van der Waals surface area (Å²) in [4.78, 5) is 15.6. The van der Waals surface area contributed by atoms with Gasteiger partial charge in [-0.15, -0.1) is 11.8 Å². The Labute approximate surface area is 142 Å². The molecule has 0 spiro atoms. The quantitative estimate of drug-likeness (QED) is 0.827. The number of hydrogen-bond acceptors (Lipinski definition) is 3. The van der Waals surface area contributed by atoms with Gasteiger partial charge in [0, 0.05) is 41.6 Å². The number of hydrogen-bond donors (Lipinski definition) is 1. The van der Waals surface area contributed by atoms with Crippen LogP contribution in [0.5, 0.6) is 0 Å². The molecule has 0 radical (unpaired) electrons. The second-order valence-electron chi connectivity index (χ2n) is 6.31. The smallest absolute Gasteiger partial charge is 0.230 e. The van der Waals surface area contributed by atoms with Crippen molar-refractivity contribution in [3.05, 3.63) is 30.5 Å². The van der Waals surface area contributed by atoms with E-state index in [0.717, 1.165) is 26.2 Å². The van der Waals surface area contributed by atoms with Crippen LogP contribution >= 0.6 is 11.8 Å². The van der Waals surface area contributed by atoms with E-state index in [4.69, 9.17) is 0 Å². The van der Waals surface area contributed by atoms with Crippen molar-refractivity contribution >= 4 is 28.6 Å². The summed E-state index contributed by atoms with van der Waals surface area (Å²) < 4.78 is 2.24. The molecule has 1 aliphatic heterocycles. The number of benzene rings is 1. The van der Waals surface area contributed by atoms with Gasteiger partial charge in [-0.1, -0.05) is 18.2 Å². The summed E-state index contributed by atoms with van der Waals surface area (Å²) in [7, 11) is 2.14. The van der Waals surface area contributed by atoms with Gasteiger partial charge in [0.05, 0.1) is 5.75 Å². The van der Waals surface area contributed by atoms with Crippen molar-refractivity contribution in [2.24, 2.45) is 5.92 Å². The SMILES string of the molecule is CCn1cc(SCC(=O)NC[C@@H]2CCN(C)C2)c2ccccc21. The molecule has 124 valence electrons. The molecule has 0 aliphatic carbocycles. The Kier molecular flexibility index (Phi) is 5.28. The molecule has 2 aromatic rings. The van der Waals surface area contributed by atoms with E-state index in [1.165, 1.54) is 22.2 Å². The van der Waals surface area contributed by atoms with E-state index in [2.05, 4.69) is 59.2 Å². The first kappa shape index (κ1) is 16.4. The van der Waals surface area contributed by atoms with Crippen LogP contribution in [0, 0.1) is 5.92 Å². The minimum atomic E-state index is 0.137. The van der Waals surface area contributed by atoms with Gasteiger partial charge in [0.15, 0.2) is 0 Å². The zero-order valence-electron chi connectivity index (χ0n) is 13.9. The maximum Gasteiger partial charge on any atom is 0.230 e. The first-order valence-electron chi connectivity index (χ1n) is 8.33. The molecule has 5 heteroatoms. The minimum Gasteiger partial charge on any atom is -0.355 e. The summed E-state index contributed by atoms with van der Waals surface area (Å²) in [6.45, 7) is 6.14. The summed E-state index contributed by atoms with van der Waals surface area (Å²) in [5, 5.41) is 4.33. The van der Waals surface area contributed by atoms with Crippen LogP contribution in [0.4, 0.5) is 0 Å². The van der Waals surface area contributed by atoms with Crippen molar-refractivity contribution in [3.63, 3.8) is 0 Å². The Morgan fingerprint density at radius 2 is 2.22 bits per heavy atom. The van der Waals surface area contributed by atoms with Gasteiger partial charge < -0.3 is 14.8 Å². The van der Waals surface area contributed by atoms with Gasteiger partial charge in [0.2, 0.25) is 5.91 Å². The van der Waals surface area contributed by atoms with Crippen molar-refractivity contribution in [2.45, 2.75) is 24.8 Å². The summed E-state index contributed by atoms with van der Waals surface area (Å²) in [5.74, 6) is 1.23. The molecule has 1 amide bonds. The van der Waals surface area contributed by atoms with Crippen LogP contribution in [0.15, 0.2) is 35.4 Å². The molecule has 1 saturated heterocycles. The zero-order chi connectivity index (χ0) is 16.2. The van der Waals surface area contributed by atoms with Crippen LogP contribution < -0.4 is 5.32 Å². The molecule has 2 heterocycles. The van der Waals surface area contributed by atoms with Crippen molar-refractivity contribution in [1.82, 2.24) is 14.8 Å². The summed E-state index contributed by atoms with van der Waals surface area (Å²) in [6, 6.07) is 8.40. The molecule has 1 atom stereocenters. The number of carbonyl (C=O) groups is 1. The highest BCUT2D eigenvalue weighted by molar-refractivity contribution is 8.00. The third-order valence-electron chi connectivity index (χ3n) is 4.53. The average molecular weight is 331 g/mol. The van der Waals surface area contributed by atoms with Crippen molar-refractivity contribution < 1.29 is 4.79 Å². The first-order valence-corrected chi connectivity index (χ1v) is 9.32. The molecule has 0 unspecified atom stereocenters. The fraction of sp³-hybridized carbons (Fsp3) is 0.500. The lowest BCUT2D eigenvalue weighted by atomic mass is 10.1. The van der Waals surface area contributed by atoms with Crippen LogP contribution in [0.25, 0.3) is 10.9 Å². The highest BCUT2D eigenvalue weighted by Crippen LogP contribution is 2.29. The highest BCUT2D eigenvalue weighted by atomic mass is 32.2. The maximum absolute atomic E-state index is 12.1. The Morgan fingerprint density at radius 3 is 2.96 bits per heavy atom. The van der Waals surface area contributed by atoms with E-state index in [9.17, 15) is 4.79 Å². The van der Waals surface area contributed by atoms with E-state index in [-0.39, 0.29) is 5.91 Å². The lowest BCUT2D eigenvalue weighted by molar-refractivity contribution is -0.118. The van der Waals surface area contributed by atoms with Gasteiger partial charge in [0.1, 0.15) is 0 Å². The lowest BCUT2D eigenvalue weighted by Gasteiger charge is -2.11. The number of amides is 1. The van der Waals surface area contributed by atoms with Gasteiger partial charge in [-0.25, -0.2) is 0 Å². The van der Waals surface area contributed by atoms with Crippen LogP contribution in [0.3, 0.4) is 0 Å². The maximum atomic E-state index is 12.1. The predicted molar refractivity (Wildman–Crippen MR) is 96.9 cm³/mol. The molecule has 0 bridgehead atoms. The monoisotopic (exact) mass is 331 g/mol. The van der Waals surface area contributed by atoms with Crippen LogP contribution in [-0.2, 0) is 11.3 Å². The van der Waals surface area contributed by atoms with Crippen LogP contribution in [-0.4, -0.2) is 47.8 Å². The normalized spacial score (nSPS) is 18.6. The third-order valence-corrected chi connectivity index (χ3v) is 5.57. The molecule has 1 fully saturated rings. The number of para-hydroxylation sites is 1. The Hall–Kier alpha value is -1.46. The van der Waals surface area contributed by atoms with E-state index in [0.29, 0.717) is 11.7 Å². The average Bonchev–Trinajstić information content (AvgIpc) is 3.14. The van der Waals surface area contributed by atoms with Gasteiger partial charge in [-0.2, -0.15) is 0 Å². The van der Waals surface area contributed by atoms with Crippen molar-refractivity contribution in [1.29, 1.82) is 0 Å². The van der Waals surface area contributed by atoms with E-state index in [1.54, 1.807) is 11.8 Å². The second kappa shape index (κ2) is 7.41. The fourth-order valence-electron chi connectivity index (χ4n) is 3.24. The van der Waals surface area contributed by atoms with Gasteiger partial charge in [-0.05, 0) is 38.9 Å². The van der Waals surface area contributed by atoms with E-state index >= 15 is 0 Å². The lowest BCUT2D eigenvalue weighted by Crippen LogP contribution is -2.31. The number of nitrogens with one attached hydrogen (secondary N) is 1. The number of carbonyl (C=O) groups excluding carboxylic acids is 1. The van der Waals surface area contributed by atoms with Gasteiger partial charge in [0.25, 0.3) is 0 Å². The molecule has 1 aromatic carbocycles. The molecule has 23 heavy (non-hydrogen) atoms. The topological polar surface area (TPSA) is 37.3 Å². The summed E-state index contributed by atoms with van der Waals surface area (Å²) >= 11 is 1.63. The summed E-state index contributed by atoms with van der Waals surface area (Å²) in [5.41, 5.74) is 1.24. The zero-order valence-corrected chi connectivity index (χ0v) is 14.7. The van der Waals surface area contributed by atoms with Crippen LogP contribution in [0.1, 0.15) is 13.3 Å². The minimum absolute atomic E-state index is 0.137. The molecule has 3 rings (SSSR count). The molecule has 1 aromatic heterocycles. The number of aryl methyl sites for hydroxylation is 1. The molecule has 0 saturated carbocycles. The fourth-order valence-corrected chi connectivity index (χ4v) is 4.15. The van der Waals surface area contributed by atoms with Crippen LogP contribution in [0.2, 0.25) is 0 Å². The van der Waals surface area contributed by atoms with E-state index in [1.807, 2.05) is 0 Å². The number of aromatic nitrogens is 1. The van der Waals surface area contributed by atoms with Gasteiger partial charge >= 0.3 is 0 Å². The van der Waals surface area contributed by atoms with Crippen molar-refractivity contribution in [2.75, 3.05) is 32.4 Å².